The highest BCUT2D eigenvalue weighted by molar-refractivity contribution is 5.75. The number of hydrogen-bond donors (Lipinski definition) is 0. The van der Waals surface area contributed by atoms with E-state index in [-0.39, 0.29) is 5.78 Å². The molecule has 1 heterocycles. The van der Waals surface area contributed by atoms with Crippen LogP contribution < -0.4 is 0 Å². The van der Waals surface area contributed by atoms with Crippen LogP contribution in [0.4, 0.5) is 0 Å². The van der Waals surface area contributed by atoms with Crippen LogP contribution in [0.3, 0.4) is 0 Å². The molecule has 1 fully saturated rings. The van der Waals surface area contributed by atoms with Gasteiger partial charge in [0.15, 0.2) is 0 Å². The van der Waals surface area contributed by atoms with Gasteiger partial charge < -0.3 is 4.79 Å². The smallest absolute Gasteiger partial charge is 0.231 e. The van der Waals surface area contributed by atoms with E-state index in [2.05, 4.69) is 0 Å². The Balaban J connectivity index is 2.55. The van der Waals surface area contributed by atoms with E-state index in [1.807, 2.05) is 0 Å². The lowest BCUT2D eigenvalue weighted by Gasteiger charge is -2.29. The molecule has 0 spiro atoms. The third-order valence-corrected chi connectivity index (χ3v) is 2.94. The van der Waals surface area contributed by atoms with Gasteiger partial charge >= 0.3 is 0 Å². The monoisotopic (exact) mass is 320 g/mol. The highest BCUT2D eigenvalue weighted by Gasteiger charge is 2.39. The van der Waals surface area contributed by atoms with Crippen molar-refractivity contribution in [1.82, 2.24) is 0 Å². The third kappa shape index (κ3) is 7.62. The highest BCUT2D eigenvalue weighted by atomic mass is 17.4. The molecule has 0 amide bonds. The van der Waals surface area contributed by atoms with Crippen molar-refractivity contribution in [1.29, 1.82) is 0 Å². The third-order valence-electron chi connectivity index (χ3n) is 2.94. The minimum Gasteiger partial charge on any atom is -0.300 e. The van der Waals surface area contributed by atoms with E-state index in [0.29, 0.717) is 12.8 Å². The van der Waals surface area contributed by atoms with Gasteiger partial charge in [0, 0.05) is 12.8 Å². The zero-order valence-electron chi connectivity index (χ0n) is 14.4. The fourth-order valence-corrected chi connectivity index (χ4v) is 1.70. The van der Waals surface area contributed by atoms with Crippen molar-refractivity contribution in [2.75, 3.05) is 0 Å². The topological polar surface area (TPSA) is 72.5 Å². The van der Waals surface area contributed by atoms with Gasteiger partial charge in [-0.1, -0.05) is 6.42 Å². The van der Waals surface area contributed by atoms with E-state index in [9.17, 15) is 4.79 Å². The molecule has 0 aromatic carbocycles. The zero-order chi connectivity index (χ0) is 16.9. The molecule has 0 radical (unpaired) electrons. The molecule has 0 N–H and O–H groups in total. The summed E-state index contributed by atoms with van der Waals surface area (Å²) in [6.07, 6.45) is 3.67. The van der Waals surface area contributed by atoms with Crippen molar-refractivity contribution >= 4 is 5.78 Å². The van der Waals surface area contributed by atoms with Crippen molar-refractivity contribution in [2.24, 2.45) is 0 Å². The molecule has 130 valence electrons. The van der Waals surface area contributed by atoms with E-state index in [4.69, 9.17) is 29.3 Å². The molecule has 7 heteroatoms. The van der Waals surface area contributed by atoms with Crippen LogP contribution in [0, 0.1) is 0 Å². The van der Waals surface area contributed by atoms with Gasteiger partial charge in [0.1, 0.15) is 5.78 Å². The van der Waals surface area contributed by atoms with Gasteiger partial charge in [-0.2, -0.15) is 29.3 Å². The number of rotatable bonds is 6. The molecule has 0 unspecified atom stereocenters. The molecule has 0 aliphatic carbocycles. The van der Waals surface area contributed by atoms with Gasteiger partial charge in [-0.3, -0.25) is 0 Å². The Labute approximate surface area is 131 Å². The normalized spacial score (nSPS) is 24.1. The number of carbonyl (C=O) groups excluding carboxylic acids is 1. The second kappa shape index (κ2) is 7.81. The SMILES string of the molecule is CC(=O)CCCCCC1(C)OOC(C)(C)OOC(C)(C)OO1. The number of Topliss-reactive ketones (excluding diaryl/α,β-unsaturated/α-hetero) is 1. The number of carbonyl (C=O) groups is 1. The molecule has 1 saturated heterocycles. The van der Waals surface area contributed by atoms with Crippen molar-refractivity contribution < 1.29 is 34.1 Å². The predicted molar refractivity (Wildman–Crippen MR) is 76.8 cm³/mol. The van der Waals surface area contributed by atoms with Crippen LogP contribution in [-0.4, -0.2) is 23.1 Å². The first-order valence-corrected chi connectivity index (χ1v) is 7.64. The quantitative estimate of drug-likeness (QED) is 0.547. The summed E-state index contributed by atoms with van der Waals surface area (Å²) >= 11 is 0. The van der Waals surface area contributed by atoms with Crippen LogP contribution in [0.2, 0.25) is 0 Å². The number of unbranched alkanes of at least 4 members (excludes halogenated alkanes) is 2. The van der Waals surface area contributed by atoms with E-state index in [0.717, 1.165) is 19.3 Å². The Hall–Kier alpha value is -0.570. The maximum Gasteiger partial charge on any atom is 0.231 e. The molecule has 1 aliphatic rings. The lowest BCUT2D eigenvalue weighted by atomic mass is 10.1. The Morgan fingerprint density at radius 1 is 0.727 bits per heavy atom. The predicted octanol–water partition coefficient (Wildman–Crippen LogP) is 3.57. The minimum atomic E-state index is -1.11. The van der Waals surface area contributed by atoms with Gasteiger partial charge in [0.05, 0.1) is 0 Å². The molecule has 1 aliphatic heterocycles. The van der Waals surface area contributed by atoms with Crippen LogP contribution in [0.25, 0.3) is 0 Å². The molecule has 0 aromatic heterocycles. The second-order valence-corrected chi connectivity index (χ2v) is 6.70. The molecule has 7 nitrogen and oxygen atoms in total. The second-order valence-electron chi connectivity index (χ2n) is 6.70. The van der Waals surface area contributed by atoms with Crippen molar-refractivity contribution in [3.8, 4) is 0 Å². The summed E-state index contributed by atoms with van der Waals surface area (Å²) in [7, 11) is 0. The van der Waals surface area contributed by atoms with Crippen LogP contribution in [0.15, 0.2) is 0 Å². The van der Waals surface area contributed by atoms with E-state index in [1.165, 1.54) is 0 Å². The fourth-order valence-electron chi connectivity index (χ4n) is 1.70. The van der Waals surface area contributed by atoms with Gasteiger partial charge in [0.2, 0.25) is 17.4 Å². The van der Waals surface area contributed by atoms with Gasteiger partial charge in [-0.25, -0.2) is 0 Å². The maximum atomic E-state index is 10.9. The lowest BCUT2D eigenvalue weighted by Crippen LogP contribution is -2.37. The first-order chi connectivity index (χ1) is 10.0. The molecule has 0 bridgehead atoms. The summed E-state index contributed by atoms with van der Waals surface area (Å²) < 4.78 is 0. The Kier molecular flexibility index (Phi) is 6.91. The first kappa shape index (κ1) is 19.5. The summed E-state index contributed by atoms with van der Waals surface area (Å²) in [6, 6.07) is 0. The van der Waals surface area contributed by atoms with Crippen molar-refractivity contribution in [2.45, 2.75) is 91.0 Å². The molecular formula is C15H28O7. The molecule has 22 heavy (non-hydrogen) atoms. The summed E-state index contributed by atoms with van der Waals surface area (Å²) in [5.74, 6) is -3.11. The largest absolute Gasteiger partial charge is 0.300 e. The molecule has 0 atom stereocenters. The summed E-state index contributed by atoms with van der Waals surface area (Å²) in [4.78, 5) is 42.4. The molecule has 0 saturated carbocycles. The molecular weight excluding hydrogens is 292 g/mol. The van der Waals surface area contributed by atoms with Gasteiger partial charge in [-0.15, -0.1) is 0 Å². The number of hydrogen-bond acceptors (Lipinski definition) is 7. The van der Waals surface area contributed by atoms with E-state index < -0.39 is 17.4 Å². The van der Waals surface area contributed by atoms with Crippen molar-refractivity contribution in [3.63, 3.8) is 0 Å². The number of ketones is 1. The van der Waals surface area contributed by atoms with Crippen LogP contribution in [0.5, 0.6) is 0 Å². The Bertz CT molecular complexity index is 345. The molecule has 0 aromatic rings. The van der Waals surface area contributed by atoms with Crippen molar-refractivity contribution in [3.05, 3.63) is 0 Å². The molecule has 1 rings (SSSR count). The Morgan fingerprint density at radius 3 is 1.64 bits per heavy atom. The summed E-state index contributed by atoms with van der Waals surface area (Å²) in [6.45, 7) is 9.93. The van der Waals surface area contributed by atoms with Crippen LogP contribution >= 0.6 is 0 Å². The van der Waals surface area contributed by atoms with E-state index >= 15 is 0 Å². The Morgan fingerprint density at radius 2 is 1.18 bits per heavy atom. The van der Waals surface area contributed by atoms with Gasteiger partial charge in [0.25, 0.3) is 0 Å². The average molecular weight is 320 g/mol. The van der Waals surface area contributed by atoms with Crippen LogP contribution in [0.1, 0.15) is 73.6 Å². The van der Waals surface area contributed by atoms with Gasteiger partial charge in [-0.05, 0) is 54.4 Å². The highest BCUT2D eigenvalue weighted by Crippen LogP contribution is 2.30. The summed E-state index contributed by atoms with van der Waals surface area (Å²) in [5.41, 5.74) is 0. The standard InChI is InChI=1S/C15H28O7/c1-12(16)10-8-7-9-11-15(6)21-19-13(2,3)17-18-14(4,5)20-22-15/h7-11H2,1-6H3. The maximum absolute atomic E-state index is 10.9. The first-order valence-electron chi connectivity index (χ1n) is 7.64. The van der Waals surface area contributed by atoms with E-state index in [1.54, 1.807) is 41.5 Å². The van der Waals surface area contributed by atoms with Crippen LogP contribution in [-0.2, 0) is 34.1 Å². The summed E-state index contributed by atoms with van der Waals surface area (Å²) in [5, 5.41) is 0. The fraction of sp³-hybridized carbons (Fsp3) is 0.933. The average Bonchev–Trinajstić information content (AvgIpc) is 2.44. The minimum absolute atomic E-state index is 0.200. The zero-order valence-corrected chi connectivity index (χ0v) is 14.4. The lowest BCUT2D eigenvalue weighted by molar-refractivity contribution is -0.540.